The van der Waals surface area contributed by atoms with E-state index >= 15 is 0 Å². The van der Waals surface area contributed by atoms with Gasteiger partial charge in [-0.3, -0.25) is 0 Å². The van der Waals surface area contributed by atoms with E-state index in [4.69, 9.17) is 14.3 Å². The first-order valence-electron chi connectivity index (χ1n) is 6.08. The number of hydrogen-bond donors (Lipinski definition) is 1. The zero-order valence-corrected chi connectivity index (χ0v) is 10.4. The first kappa shape index (κ1) is 12.2. The first-order chi connectivity index (χ1) is 8.31. The SMILES string of the molecule is CCONC(C)c1ccc2c(c1)OCCCO2. The van der Waals surface area contributed by atoms with Crippen molar-refractivity contribution >= 4 is 0 Å². The van der Waals surface area contributed by atoms with E-state index in [0.29, 0.717) is 13.2 Å². The second kappa shape index (κ2) is 5.89. The third kappa shape index (κ3) is 3.11. The number of benzene rings is 1. The van der Waals surface area contributed by atoms with Crippen LogP contribution in [0.3, 0.4) is 0 Å². The smallest absolute Gasteiger partial charge is 0.161 e. The maximum Gasteiger partial charge on any atom is 0.161 e. The van der Waals surface area contributed by atoms with Crippen LogP contribution in [0.15, 0.2) is 18.2 Å². The van der Waals surface area contributed by atoms with Crippen molar-refractivity contribution in [3.8, 4) is 11.5 Å². The van der Waals surface area contributed by atoms with Crippen molar-refractivity contribution in [1.29, 1.82) is 0 Å². The average molecular weight is 237 g/mol. The summed E-state index contributed by atoms with van der Waals surface area (Å²) in [5, 5.41) is 0. The summed E-state index contributed by atoms with van der Waals surface area (Å²) < 4.78 is 11.2. The molecule has 0 saturated carbocycles. The van der Waals surface area contributed by atoms with Gasteiger partial charge < -0.3 is 14.3 Å². The van der Waals surface area contributed by atoms with Crippen LogP contribution in [-0.2, 0) is 4.84 Å². The quantitative estimate of drug-likeness (QED) is 0.816. The van der Waals surface area contributed by atoms with Crippen molar-refractivity contribution in [3.63, 3.8) is 0 Å². The van der Waals surface area contributed by atoms with Gasteiger partial charge in [0, 0.05) is 6.42 Å². The molecule has 0 fully saturated rings. The van der Waals surface area contributed by atoms with Crippen molar-refractivity contribution in [2.24, 2.45) is 0 Å². The fourth-order valence-electron chi connectivity index (χ4n) is 1.73. The molecule has 4 nitrogen and oxygen atoms in total. The van der Waals surface area contributed by atoms with Gasteiger partial charge >= 0.3 is 0 Å². The van der Waals surface area contributed by atoms with E-state index in [-0.39, 0.29) is 6.04 Å². The highest BCUT2D eigenvalue weighted by molar-refractivity contribution is 5.44. The minimum Gasteiger partial charge on any atom is -0.490 e. The Morgan fingerprint density at radius 2 is 2.06 bits per heavy atom. The standard InChI is InChI=1S/C13H19NO3/c1-3-17-14-10(2)11-5-6-12-13(9-11)16-8-4-7-15-12/h5-6,9-10,14H,3-4,7-8H2,1-2H3. The highest BCUT2D eigenvalue weighted by atomic mass is 16.6. The van der Waals surface area contributed by atoms with Gasteiger partial charge in [0.2, 0.25) is 0 Å². The highest BCUT2D eigenvalue weighted by Crippen LogP contribution is 2.32. The van der Waals surface area contributed by atoms with Crippen LogP contribution < -0.4 is 15.0 Å². The van der Waals surface area contributed by atoms with Crippen LogP contribution in [0, 0.1) is 0 Å². The summed E-state index contributed by atoms with van der Waals surface area (Å²) in [5.41, 5.74) is 4.10. The van der Waals surface area contributed by atoms with Gasteiger partial charge in [0.05, 0.1) is 25.9 Å². The third-order valence-corrected chi connectivity index (χ3v) is 2.68. The Hall–Kier alpha value is -1.26. The lowest BCUT2D eigenvalue weighted by Crippen LogP contribution is -2.18. The van der Waals surface area contributed by atoms with E-state index in [9.17, 15) is 0 Å². The van der Waals surface area contributed by atoms with Gasteiger partial charge in [-0.05, 0) is 31.5 Å². The molecule has 1 aliphatic heterocycles. The van der Waals surface area contributed by atoms with Gasteiger partial charge in [0.25, 0.3) is 0 Å². The van der Waals surface area contributed by atoms with Gasteiger partial charge in [-0.2, -0.15) is 5.48 Å². The van der Waals surface area contributed by atoms with Gasteiger partial charge in [-0.25, -0.2) is 0 Å². The molecule has 2 rings (SSSR count). The van der Waals surface area contributed by atoms with Crippen molar-refractivity contribution in [2.45, 2.75) is 26.3 Å². The molecule has 1 aromatic rings. The second-order valence-corrected chi connectivity index (χ2v) is 4.03. The van der Waals surface area contributed by atoms with Gasteiger partial charge in [-0.15, -0.1) is 0 Å². The average Bonchev–Trinajstić information content (AvgIpc) is 2.60. The minimum absolute atomic E-state index is 0.132. The molecule has 1 N–H and O–H groups in total. The molecule has 0 aliphatic carbocycles. The first-order valence-corrected chi connectivity index (χ1v) is 6.08. The molecular formula is C13H19NO3. The minimum atomic E-state index is 0.132. The number of nitrogens with one attached hydrogen (secondary N) is 1. The number of fused-ring (bicyclic) bond motifs is 1. The molecule has 1 atom stereocenters. The highest BCUT2D eigenvalue weighted by Gasteiger charge is 2.13. The zero-order chi connectivity index (χ0) is 12.1. The molecule has 1 unspecified atom stereocenters. The lowest BCUT2D eigenvalue weighted by Gasteiger charge is -2.15. The summed E-state index contributed by atoms with van der Waals surface area (Å²) >= 11 is 0. The summed E-state index contributed by atoms with van der Waals surface area (Å²) in [4.78, 5) is 5.20. The number of rotatable bonds is 4. The maximum absolute atomic E-state index is 5.65. The Kier molecular flexibility index (Phi) is 4.23. The topological polar surface area (TPSA) is 39.7 Å². The lowest BCUT2D eigenvalue weighted by atomic mass is 10.1. The van der Waals surface area contributed by atoms with E-state index < -0.39 is 0 Å². The molecule has 94 valence electrons. The van der Waals surface area contributed by atoms with E-state index in [1.165, 1.54) is 0 Å². The van der Waals surface area contributed by atoms with Crippen molar-refractivity contribution in [1.82, 2.24) is 5.48 Å². The molecule has 0 saturated heterocycles. The molecule has 0 radical (unpaired) electrons. The monoisotopic (exact) mass is 237 g/mol. The molecule has 1 aromatic carbocycles. The van der Waals surface area contributed by atoms with Crippen LogP contribution in [0.2, 0.25) is 0 Å². The normalized spacial score (nSPS) is 16.4. The molecule has 1 aliphatic rings. The second-order valence-electron chi connectivity index (χ2n) is 4.03. The van der Waals surface area contributed by atoms with Crippen LogP contribution in [0.1, 0.15) is 31.9 Å². The Bertz CT molecular complexity index is 368. The molecule has 0 spiro atoms. The van der Waals surface area contributed by atoms with Crippen molar-refractivity contribution in [2.75, 3.05) is 19.8 Å². The number of hydrogen-bond acceptors (Lipinski definition) is 4. The number of ether oxygens (including phenoxy) is 2. The summed E-state index contributed by atoms with van der Waals surface area (Å²) in [6.45, 7) is 6.08. The molecule has 17 heavy (non-hydrogen) atoms. The summed E-state index contributed by atoms with van der Waals surface area (Å²) in [7, 11) is 0. The Morgan fingerprint density at radius 1 is 1.29 bits per heavy atom. The molecule has 0 amide bonds. The van der Waals surface area contributed by atoms with Crippen LogP contribution >= 0.6 is 0 Å². The van der Waals surface area contributed by atoms with Crippen LogP contribution in [-0.4, -0.2) is 19.8 Å². The van der Waals surface area contributed by atoms with Crippen LogP contribution in [0.25, 0.3) is 0 Å². The molecule has 1 heterocycles. The third-order valence-electron chi connectivity index (χ3n) is 2.68. The summed E-state index contributed by atoms with van der Waals surface area (Å²) in [6, 6.07) is 6.13. The fourth-order valence-corrected chi connectivity index (χ4v) is 1.73. The Morgan fingerprint density at radius 3 is 2.82 bits per heavy atom. The zero-order valence-electron chi connectivity index (χ0n) is 10.4. The largest absolute Gasteiger partial charge is 0.490 e. The Balaban J connectivity index is 2.11. The Labute approximate surface area is 102 Å². The maximum atomic E-state index is 5.65. The predicted octanol–water partition coefficient (Wildman–Crippen LogP) is 2.45. The van der Waals surface area contributed by atoms with Gasteiger partial charge in [0.1, 0.15) is 0 Å². The summed E-state index contributed by atoms with van der Waals surface area (Å²) in [5.74, 6) is 1.65. The fraction of sp³-hybridized carbons (Fsp3) is 0.538. The van der Waals surface area contributed by atoms with Crippen LogP contribution in [0.4, 0.5) is 0 Å². The summed E-state index contributed by atoms with van der Waals surface area (Å²) in [6.07, 6.45) is 0.927. The molecule has 0 bridgehead atoms. The lowest BCUT2D eigenvalue weighted by molar-refractivity contribution is 0.0284. The van der Waals surface area contributed by atoms with Gasteiger partial charge in [0.15, 0.2) is 11.5 Å². The predicted molar refractivity (Wildman–Crippen MR) is 65.2 cm³/mol. The molecule has 0 aromatic heterocycles. The van der Waals surface area contributed by atoms with E-state index in [1.54, 1.807) is 0 Å². The van der Waals surface area contributed by atoms with E-state index in [2.05, 4.69) is 12.4 Å². The van der Waals surface area contributed by atoms with Gasteiger partial charge in [-0.1, -0.05) is 6.07 Å². The van der Waals surface area contributed by atoms with E-state index in [0.717, 1.165) is 30.1 Å². The molecule has 4 heteroatoms. The van der Waals surface area contributed by atoms with Crippen molar-refractivity contribution in [3.05, 3.63) is 23.8 Å². The van der Waals surface area contributed by atoms with Crippen molar-refractivity contribution < 1.29 is 14.3 Å². The van der Waals surface area contributed by atoms with E-state index in [1.807, 2.05) is 25.1 Å². The van der Waals surface area contributed by atoms with Crippen LogP contribution in [0.5, 0.6) is 11.5 Å². The number of hydroxylamine groups is 1. The molecular weight excluding hydrogens is 218 g/mol.